The van der Waals surface area contributed by atoms with E-state index in [0.717, 1.165) is 18.2 Å². The number of fused-ring (bicyclic) bond motifs is 1. The molecule has 27 heavy (non-hydrogen) atoms. The molecule has 0 radical (unpaired) electrons. The van der Waals surface area contributed by atoms with Crippen molar-refractivity contribution in [2.75, 3.05) is 5.32 Å². The zero-order valence-electron chi connectivity index (χ0n) is 14.2. The maximum atomic E-state index is 12.7. The molecule has 0 spiro atoms. The highest BCUT2D eigenvalue weighted by Crippen LogP contribution is 2.30. The number of phenols is 1. The van der Waals surface area contributed by atoms with Gasteiger partial charge in [-0.15, -0.1) is 0 Å². The number of aromatic nitrogens is 1. The van der Waals surface area contributed by atoms with Crippen LogP contribution in [-0.2, 0) is 6.54 Å². The molecule has 0 saturated heterocycles. The van der Waals surface area contributed by atoms with E-state index < -0.39 is 33.5 Å². The number of anilines is 1. The third-order valence-corrected chi connectivity index (χ3v) is 4.13. The van der Waals surface area contributed by atoms with Crippen LogP contribution in [0.15, 0.2) is 47.3 Å². The average molecular weight is 369 g/mol. The number of phenolic OH excluding ortho intramolecular Hbond substituents is 1. The smallest absolute Gasteiger partial charge is 0.271 e. The lowest BCUT2D eigenvalue weighted by atomic mass is 10.1. The molecule has 3 aromatic rings. The molecule has 3 rings (SSSR count). The monoisotopic (exact) mass is 369 g/mol. The number of pyridine rings is 1. The third kappa shape index (κ3) is 3.06. The van der Waals surface area contributed by atoms with Gasteiger partial charge in [-0.3, -0.25) is 19.7 Å². The molecule has 1 aromatic heterocycles. The summed E-state index contributed by atoms with van der Waals surface area (Å²) >= 11 is 0. The number of hydrogen-bond acceptors (Lipinski definition) is 6. The molecule has 1 heterocycles. The van der Waals surface area contributed by atoms with E-state index in [1.165, 1.54) is 4.57 Å². The number of nitrogens with one attached hydrogen (secondary N) is 1. The molecule has 9 heteroatoms. The van der Waals surface area contributed by atoms with Crippen molar-refractivity contribution in [2.45, 2.75) is 13.5 Å². The van der Waals surface area contributed by atoms with Crippen molar-refractivity contribution in [3.63, 3.8) is 0 Å². The molecule has 9 nitrogen and oxygen atoms in total. The molecule has 0 bridgehead atoms. The molecule has 0 unspecified atom stereocenters. The van der Waals surface area contributed by atoms with E-state index in [-0.39, 0.29) is 17.9 Å². The fourth-order valence-corrected chi connectivity index (χ4v) is 2.83. The standard InChI is InChI=1S/C18H15N3O6/c1-2-20-13-6-4-3-5-11(13)16(23)15(18(20)25)17(24)19-12-9-10(21(26)27)7-8-14(12)22/h3-9,22-23H,2H2,1H3,(H,19,24). The molecular formula is C18H15N3O6. The molecule has 0 atom stereocenters. The first kappa shape index (κ1) is 17.9. The van der Waals surface area contributed by atoms with Gasteiger partial charge in [0.1, 0.15) is 17.1 Å². The number of rotatable bonds is 4. The Hall–Kier alpha value is -3.88. The van der Waals surface area contributed by atoms with Gasteiger partial charge >= 0.3 is 0 Å². The fraction of sp³-hybridized carbons (Fsp3) is 0.111. The second-order valence-corrected chi connectivity index (χ2v) is 5.70. The van der Waals surface area contributed by atoms with Crippen molar-refractivity contribution >= 4 is 28.2 Å². The molecule has 138 valence electrons. The van der Waals surface area contributed by atoms with E-state index >= 15 is 0 Å². The number of carbonyl (C=O) groups excluding carboxylic acids is 1. The minimum absolute atomic E-state index is 0.246. The maximum Gasteiger partial charge on any atom is 0.271 e. The van der Waals surface area contributed by atoms with Gasteiger partial charge in [0, 0.05) is 24.1 Å². The van der Waals surface area contributed by atoms with E-state index in [1.54, 1.807) is 31.2 Å². The Balaban J connectivity index is 2.14. The zero-order valence-corrected chi connectivity index (χ0v) is 14.2. The van der Waals surface area contributed by atoms with Gasteiger partial charge in [0.15, 0.2) is 0 Å². The van der Waals surface area contributed by atoms with Gasteiger partial charge in [0.25, 0.3) is 17.2 Å². The molecular weight excluding hydrogens is 354 g/mol. The van der Waals surface area contributed by atoms with E-state index in [0.29, 0.717) is 10.9 Å². The number of aryl methyl sites for hydroxylation is 1. The predicted molar refractivity (Wildman–Crippen MR) is 98.3 cm³/mol. The van der Waals surface area contributed by atoms with Crippen LogP contribution in [0.5, 0.6) is 11.5 Å². The second-order valence-electron chi connectivity index (χ2n) is 5.70. The van der Waals surface area contributed by atoms with Crippen LogP contribution in [0.4, 0.5) is 11.4 Å². The van der Waals surface area contributed by atoms with Gasteiger partial charge in [-0.25, -0.2) is 0 Å². The summed E-state index contributed by atoms with van der Waals surface area (Å²) < 4.78 is 1.33. The van der Waals surface area contributed by atoms with Crippen molar-refractivity contribution in [3.8, 4) is 11.5 Å². The summed E-state index contributed by atoms with van der Waals surface area (Å²) in [6.45, 7) is 1.99. The maximum absolute atomic E-state index is 12.7. The summed E-state index contributed by atoms with van der Waals surface area (Å²) in [4.78, 5) is 35.5. The lowest BCUT2D eigenvalue weighted by Crippen LogP contribution is -2.29. The van der Waals surface area contributed by atoms with Crippen molar-refractivity contribution in [2.24, 2.45) is 0 Å². The van der Waals surface area contributed by atoms with E-state index in [4.69, 9.17) is 0 Å². The van der Waals surface area contributed by atoms with Crippen LogP contribution in [0, 0.1) is 10.1 Å². The number of amides is 1. The third-order valence-electron chi connectivity index (χ3n) is 4.13. The average Bonchev–Trinajstić information content (AvgIpc) is 2.64. The van der Waals surface area contributed by atoms with Crippen molar-refractivity contribution < 1.29 is 19.9 Å². The number of carbonyl (C=O) groups is 1. The van der Waals surface area contributed by atoms with Gasteiger partial charge in [0.05, 0.1) is 16.1 Å². The van der Waals surface area contributed by atoms with Gasteiger partial charge in [-0.1, -0.05) is 12.1 Å². The van der Waals surface area contributed by atoms with Crippen molar-refractivity contribution in [1.82, 2.24) is 4.57 Å². The van der Waals surface area contributed by atoms with E-state index in [2.05, 4.69) is 5.32 Å². The van der Waals surface area contributed by atoms with Crippen LogP contribution < -0.4 is 10.9 Å². The largest absolute Gasteiger partial charge is 0.506 e. The van der Waals surface area contributed by atoms with Crippen LogP contribution >= 0.6 is 0 Å². The first-order valence-corrected chi connectivity index (χ1v) is 7.98. The molecule has 0 aliphatic rings. The summed E-state index contributed by atoms with van der Waals surface area (Å²) in [5.74, 6) is -1.89. The molecule has 1 amide bonds. The highest BCUT2D eigenvalue weighted by atomic mass is 16.6. The van der Waals surface area contributed by atoms with Crippen LogP contribution in [0.25, 0.3) is 10.9 Å². The van der Waals surface area contributed by atoms with Crippen molar-refractivity contribution in [3.05, 3.63) is 68.5 Å². The summed E-state index contributed by atoms with van der Waals surface area (Å²) in [6, 6.07) is 9.66. The highest BCUT2D eigenvalue weighted by molar-refractivity contribution is 6.09. The number of benzene rings is 2. The number of para-hydroxylation sites is 1. The quantitative estimate of drug-likeness (QED) is 0.367. The number of hydrogen-bond donors (Lipinski definition) is 3. The predicted octanol–water partition coefficient (Wildman–Crippen LogP) is 2.59. The Morgan fingerprint density at radius 3 is 2.59 bits per heavy atom. The second kappa shape index (κ2) is 6.79. The normalized spacial score (nSPS) is 10.7. The molecule has 0 saturated carbocycles. The molecule has 2 aromatic carbocycles. The minimum Gasteiger partial charge on any atom is -0.506 e. The summed E-state index contributed by atoms with van der Waals surface area (Å²) in [5.41, 5.74) is -1.35. The number of nitro benzene ring substituents is 1. The first-order chi connectivity index (χ1) is 12.8. The Labute approximate surface area is 152 Å². The lowest BCUT2D eigenvalue weighted by molar-refractivity contribution is -0.384. The van der Waals surface area contributed by atoms with Gasteiger partial charge in [-0.05, 0) is 25.1 Å². The van der Waals surface area contributed by atoms with Gasteiger partial charge in [-0.2, -0.15) is 0 Å². The Morgan fingerprint density at radius 2 is 1.93 bits per heavy atom. The topological polar surface area (TPSA) is 135 Å². The van der Waals surface area contributed by atoms with Crippen molar-refractivity contribution in [1.29, 1.82) is 0 Å². The van der Waals surface area contributed by atoms with E-state index in [1.807, 2.05) is 0 Å². The number of nitrogens with zero attached hydrogens (tertiary/aromatic N) is 2. The first-order valence-electron chi connectivity index (χ1n) is 7.98. The molecule has 3 N–H and O–H groups in total. The summed E-state index contributed by atoms with van der Waals surface area (Å²) in [7, 11) is 0. The van der Waals surface area contributed by atoms with Crippen LogP contribution in [0.2, 0.25) is 0 Å². The van der Waals surface area contributed by atoms with Crippen LogP contribution in [0.3, 0.4) is 0 Å². The summed E-state index contributed by atoms with van der Waals surface area (Å²) in [6.07, 6.45) is 0. The Kier molecular flexibility index (Phi) is 4.51. The zero-order chi connectivity index (χ0) is 19.7. The van der Waals surface area contributed by atoms with Gasteiger partial charge < -0.3 is 20.1 Å². The minimum atomic E-state index is -0.985. The molecule has 0 aliphatic heterocycles. The SMILES string of the molecule is CCn1c(=O)c(C(=O)Nc2cc([N+](=O)[O-])ccc2O)c(O)c2ccccc21. The Bertz CT molecular complexity index is 1140. The summed E-state index contributed by atoms with van der Waals surface area (Å²) in [5, 5.41) is 33.7. The van der Waals surface area contributed by atoms with E-state index in [9.17, 15) is 29.9 Å². The number of aromatic hydroxyl groups is 2. The van der Waals surface area contributed by atoms with Gasteiger partial charge in [0.2, 0.25) is 0 Å². The van der Waals surface area contributed by atoms with Crippen LogP contribution in [0.1, 0.15) is 17.3 Å². The van der Waals surface area contributed by atoms with Crippen LogP contribution in [-0.4, -0.2) is 25.6 Å². The highest BCUT2D eigenvalue weighted by Gasteiger charge is 2.23. The fourth-order valence-electron chi connectivity index (χ4n) is 2.83. The number of non-ortho nitro benzene ring substituents is 1. The molecule has 0 aliphatic carbocycles. The lowest BCUT2D eigenvalue weighted by Gasteiger charge is -2.14. The Morgan fingerprint density at radius 1 is 1.22 bits per heavy atom. The number of nitro groups is 1. The molecule has 0 fully saturated rings.